The van der Waals surface area contributed by atoms with Gasteiger partial charge in [0.25, 0.3) is 0 Å². The van der Waals surface area contributed by atoms with E-state index in [0.717, 1.165) is 6.08 Å². The molecule has 0 aliphatic carbocycles. The highest BCUT2D eigenvalue weighted by atomic mass is 19.4. The molecule has 0 spiro atoms. The number of allylic oxidation sites excluding steroid dienone is 1. The number of nitrogens with one attached hydrogen (secondary N) is 1. The molecular formula is C8H14F3NO. The van der Waals surface area contributed by atoms with Crippen LogP contribution in [0, 0.1) is 0 Å². The fourth-order valence-corrected chi connectivity index (χ4v) is 0.726. The number of alkyl halides is 3. The average molecular weight is 197 g/mol. The van der Waals surface area contributed by atoms with Crippen LogP contribution in [-0.2, 0) is 4.74 Å². The molecule has 1 N–H and O–H groups in total. The van der Waals surface area contributed by atoms with Gasteiger partial charge >= 0.3 is 6.18 Å². The number of hydrogen-bond donors (Lipinski definition) is 1. The van der Waals surface area contributed by atoms with Crippen LogP contribution in [0.25, 0.3) is 0 Å². The summed E-state index contributed by atoms with van der Waals surface area (Å²) in [7, 11) is 0. The predicted octanol–water partition coefficient (Wildman–Crippen LogP) is 2.08. The number of ether oxygens (including phenoxy) is 1. The molecule has 0 fully saturated rings. The molecule has 2 nitrogen and oxygen atoms in total. The van der Waals surface area contributed by atoms with Crippen molar-refractivity contribution < 1.29 is 17.9 Å². The van der Waals surface area contributed by atoms with E-state index < -0.39 is 11.7 Å². The van der Waals surface area contributed by atoms with E-state index in [9.17, 15) is 13.2 Å². The molecule has 0 unspecified atom stereocenters. The summed E-state index contributed by atoms with van der Waals surface area (Å²) in [6.07, 6.45) is -3.19. The van der Waals surface area contributed by atoms with Gasteiger partial charge in [0.1, 0.15) is 0 Å². The Morgan fingerprint density at radius 1 is 1.46 bits per heavy atom. The zero-order chi connectivity index (χ0) is 10.3. The van der Waals surface area contributed by atoms with E-state index >= 15 is 0 Å². The van der Waals surface area contributed by atoms with Crippen molar-refractivity contribution in [1.29, 1.82) is 0 Å². The van der Waals surface area contributed by atoms with Gasteiger partial charge in [0.15, 0.2) is 0 Å². The SMILES string of the molecule is C/C=C(\CNCOCC)C(F)(F)F. The summed E-state index contributed by atoms with van der Waals surface area (Å²) >= 11 is 0. The van der Waals surface area contributed by atoms with E-state index in [1.807, 2.05) is 0 Å². The number of halogens is 3. The van der Waals surface area contributed by atoms with Crippen molar-refractivity contribution in [3.8, 4) is 0 Å². The summed E-state index contributed by atoms with van der Waals surface area (Å²) in [6, 6.07) is 0. The fraction of sp³-hybridized carbons (Fsp3) is 0.750. The molecule has 0 aromatic carbocycles. The highest BCUT2D eigenvalue weighted by Crippen LogP contribution is 2.24. The Labute approximate surface area is 75.8 Å². The second-order valence-electron chi connectivity index (χ2n) is 2.38. The molecule has 0 rings (SSSR count). The maximum absolute atomic E-state index is 12.1. The van der Waals surface area contributed by atoms with Gasteiger partial charge in [-0.3, -0.25) is 5.32 Å². The molecule has 0 saturated carbocycles. The molecule has 13 heavy (non-hydrogen) atoms. The van der Waals surface area contributed by atoms with Crippen molar-refractivity contribution in [3.63, 3.8) is 0 Å². The second kappa shape index (κ2) is 5.99. The summed E-state index contributed by atoms with van der Waals surface area (Å²) in [4.78, 5) is 0. The maximum Gasteiger partial charge on any atom is 0.413 e. The van der Waals surface area contributed by atoms with Gasteiger partial charge in [0, 0.05) is 18.7 Å². The zero-order valence-electron chi connectivity index (χ0n) is 7.74. The van der Waals surface area contributed by atoms with Gasteiger partial charge in [-0.05, 0) is 13.8 Å². The third kappa shape index (κ3) is 5.65. The molecule has 5 heteroatoms. The monoisotopic (exact) mass is 197 g/mol. The van der Waals surface area contributed by atoms with E-state index in [-0.39, 0.29) is 13.3 Å². The Balaban J connectivity index is 3.76. The third-order valence-corrected chi connectivity index (χ3v) is 1.44. The van der Waals surface area contributed by atoms with Crippen molar-refractivity contribution in [1.82, 2.24) is 5.32 Å². The molecule has 0 saturated heterocycles. The molecule has 0 amide bonds. The summed E-state index contributed by atoms with van der Waals surface area (Å²) in [5.74, 6) is 0. The topological polar surface area (TPSA) is 21.3 Å². The Kier molecular flexibility index (Phi) is 5.73. The first kappa shape index (κ1) is 12.4. The summed E-state index contributed by atoms with van der Waals surface area (Å²) in [5.41, 5.74) is -0.577. The van der Waals surface area contributed by atoms with E-state index in [0.29, 0.717) is 6.61 Å². The van der Waals surface area contributed by atoms with Crippen molar-refractivity contribution in [2.24, 2.45) is 0 Å². The third-order valence-electron chi connectivity index (χ3n) is 1.44. The zero-order valence-corrected chi connectivity index (χ0v) is 7.74. The first-order chi connectivity index (χ1) is 6.02. The van der Waals surface area contributed by atoms with Crippen LogP contribution < -0.4 is 5.32 Å². The molecule has 0 aromatic heterocycles. The molecule has 0 radical (unpaired) electrons. The van der Waals surface area contributed by atoms with Crippen LogP contribution in [0.1, 0.15) is 13.8 Å². The summed E-state index contributed by atoms with van der Waals surface area (Å²) in [5, 5.41) is 2.53. The molecule has 78 valence electrons. The van der Waals surface area contributed by atoms with E-state index in [2.05, 4.69) is 5.32 Å². The van der Waals surface area contributed by atoms with Crippen LogP contribution in [0.3, 0.4) is 0 Å². The van der Waals surface area contributed by atoms with Gasteiger partial charge in [-0.15, -0.1) is 0 Å². The molecule has 0 aromatic rings. The Hall–Kier alpha value is -0.550. The summed E-state index contributed by atoms with van der Waals surface area (Å²) < 4.78 is 41.1. The van der Waals surface area contributed by atoms with E-state index in [1.165, 1.54) is 6.92 Å². The Bertz CT molecular complexity index is 165. The first-order valence-electron chi connectivity index (χ1n) is 4.03. The minimum Gasteiger partial charge on any atom is -0.367 e. The molecular weight excluding hydrogens is 183 g/mol. The van der Waals surface area contributed by atoms with Crippen LogP contribution in [0.4, 0.5) is 13.2 Å². The van der Waals surface area contributed by atoms with Crippen LogP contribution in [0.5, 0.6) is 0 Å². The maximum atomic E-state index is 12.1. The smallest absolute Gasteiger partial charge is 0.367 e. The summed E-state index contributed by atoms with van der Waals surface area (Å²) in [6.45, 7) is 3.57. The van der Waals surface area contributed by atoms with Crippen LogP contribution >= 0.6 is 0 Å². The largest absolute Gasteiger partial charge is 0.413 e. The number of rotatable bonds is 5. The van der Waals surface area contributed by atoms with Gasteiger partial charge in [-0.25, -0.2) is 0 Å². The van der Waals surface area contributed by atoms with Crippen LogP contribution in [-0.4, -0.2) is 26.1 Å². The lowest BCUT2D eigenvalue weighted by Gasteiger charge is -2.11. The van der Waals surface area contributed by atoms with Gasteiger partial charge in [0.05, 0.1) is 6.73 Å². The lowest BCUT2D eigenvalue weighted by atomic mass is 10.2. The minimum absolute atomic E-state index is 0.143. The molecule has 0 aliphatic rings. The highest BCUT2D eigenvalue weighted by molar-refractivity contribution is 5.09. The minimum atomic E-state index is -4.24. The standard InChI is InChI=1S/C8H14F3NO/c1-3-7(8(9,10)11)5-12-6-13-4-2/h3,12H,4-6H2,1-2H3/b7-3+. The van der Waals surface area contributed by atoms with Crippen molar-refractivity contribution >= 4 is 0 Å². The Morgan fingerprint density at radius 3 is 2.46 bits per heavy atom. The lowest BCUT2D eigenvalue weighted by Crippen LogP contribution is -2.26. The fourth-order valence-electron chi connectivity index (χ4n) is 0.726. The van der Waals surface area contributed by atoms with Crippen molar-refractivity contribution in [2.45, 2.75) is 20.0 Å². The van der Waals surface area contributed by atoms with E-state index in [1.54, 1.807) is 6.92 Å². The van der Waals surface area contributed by atoms with Gasteiger partial charge in [0.2, 0.25) is 0 Å². The number of hydrogen-bond acceptors (Lipinski definition) is 2. The highest BCUT2D eigenvalue weighted by Gasteiger charge is 2.32. The molecule has 0 bridgehead atoms. The lowest BCUT2D eigenvalue weighted by molar-refractivity contribution is -0.0934. The quantitative estimate of drug-likeness (QED) is 0.414. The van der Waals surface area contributed by atoms with Crippen LogP contribution in [0.2, 0.25) is 0 Å². The average Bonchev–Trinajstić information content (AvgIpc) is 2.02. The molecule has 0 aliphatic heterocycles. The van der Waals surface area contributed by atoms with E-state index in [4.69, 9.17) is 4.74 Å². The van der Waals surface area contributed by atoms with Crippen molar-refractivity contribution in [3.05, 3.63) is 11.6 Å². The van der Waals surface area contributed by atoms with Gasteiger partial charge in [-0.1, -0.05) is 6.08 Å². The van der Waals surface area contributed by atoms with Crippen molar-refractivity contribution in [2.75, 3.05) is 19.9 Å². The molecule has 0 heterocycles. The Morgan fingerprint density at radius 2 is 2.08 bits per heavy atom. The normalized spacial score (nSPS) is 13.5. The van der Waals surface area contributed by atoms with Gasteiger partial charge in [-0.2, -0.15) is 13.2 Å². The predicted molar refractivity (Wildman–Crippen MR) is 44.3 cm³/mol. The second-order valence-corrected chi connectivity index (χ2v) is 2.38. The first-order valence-corrected chi connectivity index (χ1v) is 4.03. The van der Waals surface area contributed by atoms with Crippen LogP contribution in [0.15, 0.2) is 11.6 Å². The van der Waals surface area contributed by atoms with Gasteiger partial charge < -0.3 is 4.74 Å². The molecule has 0 atom stereocenters.